The lowest BCUT2D eigenvalue weighted by atomic mass is 10.3. The number of hydrogen-bond donors (Lipinski definition) is 2. The summed E-state index contributed by atoms with van der Waals surface area (Å²) in [5, 5.41) is 12.0. The molecule has 1 aromatic heterocycles. The van der Waals surface area contributed by atoms with Crippen LogP contribution in [0.25, 0.3) is 0 Å². The van der Waals surface area contributed by atoms with E-state index in [2.05, 4.69) is 16.6 Å². The van der Waals surface area contributed by atoms with E-state index < -0.39 is 5.97 Å². The number of rotatable bonds is 5. The number of nitrogens with one attached hydrogen (secondary N) is 1. The number of aromatic nitrogens is 1. The van der Waals surface area contributed by atoms with Crippen LogP contribution in [0.15, 0.2) is 18.3 Å². The van der Waals surface area contributed by atoms with Gasteiger partial charge in [0, 0.05) is 11.3 Å². The van der Waals surface area contributed by atoms with Crippen molar-refractivity contribution in [1.82, 2.24) is 4.98 Å². The van der Waals surface area contributed by atoms with Crippen LogP contribution in [-0.2, 0) is 0 Å². The molecule has 4 nitrogen and oxygen atoms in total. The fourth-order valence-electron chi connectivity index (χ4n) is 1.48. The van der Waals surface area contributed by atoms with Crippen molar-refractivity contribution in [3.05, 3.63) is 24.0 Å². The number of pyridine rings is 1. The lowest BCUT2D eigenvalue weighted by Crippen LogP contribution is -2.17. The standard InChI is InChI=1S/C11H14N2O2S/c1-16-11(4-5-11)7-13-8-2-3-9(10(14)15)12-6-8/h2-3,6,13H,4-5,7H2,1H3,(H,14,15). The Bertz CT molecular complexity index is 387. The number of aromatic carboxylic acids is 1. The van der Waals surface area contributed by atoms with Gasteiger partial charge in [-0.05, 0) is 31.2 Å². The Balaban J connectivity index is 1.93. The van der Waals surface area contributed by atoms with E-state index >= 15 is 0 Å². The fourth-order valence-corrected chi connectivity index (χ4v) is 2.21. The van der Waals surface area contributed by atoms with Crippen molar-refractivity contribution in [3.8, 4) is 0 Å². The molecule has 1 aliphatic rings. The highest BCUT2D eigenvalue weighted by Crippen LogP contribution is 2.46. The van der Waals surface area contributed by atoms with E-state index in [1.807, 2.05) is 11.8 Å². The predicted octanol–water partition coefficient (Wildman–Crippen LogP) is 2.09. The summed E-state index contributed by atoms with van der Waals surface area (Å²) >= 11 is 1.89. The minimum absolute atomic E-state index is 0.0801. The Morgan fingerprint density at radius 1 is 1.62 bits per heavy atom. The number of anilines is 1. The first-order valence-electron chi connectivity index (χ1n) is 5.14. The molecule has 16 heavy (non-hydrogen) atoms. The van der Waals surface area contributed by atoms with E-state index in [-0.39, 0.29) is 5.69 Å². The van der Waals surface area contributed by atoms with Crippen molar-refractivity contribution >= 4 is 23.4 Å². The molecule has 0 amide bonds. The van der Waals surface area contributed by atoms with Crippen LogP contribution in [0, 0.1) is 0 Å². The van der Waals surface area contributed by atoms with Gasteiger partial charge in [-0.15, -0.1) is 0 Å². The van der Waals surface area contributed by atoms with Crippen molar-refractivity contribution in [2.45, 2.75) is 17.6 Å². The molecule has 0 radical (unpaired) electrons. The molecule has 0 aliphatic heterocycles. The summed E-state index contributed by atoms with van der Waals surface area (Å²) in [6.45, 7) is 0.919. The van der Waals surface area contributed by atoms with Gasteiger partial charge < -0.3 is 10.4 Å². The summed E-state index contributed by atoms with van der Waals surface area (Å²) in [7, 11) is 0. The first-order chi connectivity index (χ1) is 7.65. The minimum atomic E-state index is -0.991. The second-order valence-electron chi connectivity index (χ2n) is 3.98. The molecular formula is C11H14N2O2S. The van der Waals surface area contributed by atoms with Crippen LogP contribution in [0.5, 0.6) is 0 Å². The molecule has 0 aromatic carbocycles. The zero-order valence-electron chi connectivity index (χ0n) is 9.06. The van der Waals surface area contributed by atoms with Crippen LogP contribution >= 0.6 is 11.8 Å². The average Bonchev–Trinajstić information content (AvgIpc) is 3.08. The molecule has 2 N–H and O–H groups in total. The molecule has 5 heteroatoms. The SMILES string of the molecule is CSC1(CNc2ccc(C(=O)O)nc2)CC1. The summed E-state index contributed by atoms with van der Waals surface area (Å²) in [5.74, 6) is -0.991. The summed E-state index contributed by atoms with van der Waals surface area (Å²) in [4.78, 5) is 14.5. The molecule has 1 aliphatic carbocycles. The van der Waals surface area contributed by atoms with E-state index in [1.165, 1.54) is 18.9 Å². The smallest absolute Gasteiger partial charge is 0.354 e. The van der Waals surface area contributed by atoms with Gasteiger partial charge >= 0.3 is 5.97 Å². The van der Waals surface area contributed by atoms with Gasteiger partial charge in [0.25, 0.3) is 0 Å². The van der Waals surface area contributed by atoms with Crippen molar-refractivity contribution in [1.29, 1.82) is 0 Å². The summed E-state index contributed by atoms with van der Waals surface area (Å²) in [6, 6.07) is 3.27. The highest BCUT2D eigenvalue weighted by molar-refractivity contribution is 8.00. The molecule has 86 valence electrons. The van der Waals surface area contributed by atoms with Gasteiger partial charge in [0.2, 0.25) is 0 Å². The summed E-state index contributed by atoms with van der Waals surface area (Å²) < 4.78 is 0.394. The van der Waals surface area contributed by atoms with Crippen molar-refractivity contribution < 1.29 is 9.90 Å². The Kier molecular flexibility index (Phi) is 3.05. The highest BCUT2D eigenvalue weighted by Gasteiger charge is 2.41. The van der Waals surface area contributed by atoms with Gasteiger partial charge in [-0.25, -0.2) is 9.78 Å². The van der Waals surface area contributed by atoms with Gasteiger partial charge in [0.15, 0.2) is 0 Å². The first kappa shape index (κ1) is 11.3. The molecule has 0 unspecified atom stereocenters. The lowest BCUT2D eigenvalue weighted by molar-refractivity contribution is 0.0690. The van der Waals surface area contributed by atoms with Gasteiger partial charge in [-0.3, -0.25) is 0 Å². The minimum Gasteiger partial charge on any atom is -0.477 e. The Labute approximate surface area is 98.5 Å². The average molecular weight is 238 g/mol. The molecule has 0 saturated heterocycles. The van der Waals surface area contributed by atoms with Crippen molar-refractivity contribution in [2.75, 3.05) is 18.1 Å². The second-order valence-corrected chi connectivity index (χ2v) is 5.25. The van der Waals surface area contributed by atoms with Crippen LogP contribution in [-0.4, -0.2) is 33.6 Å². The number of thioether (sulfide) groups is 1. The van der Waals surface area contributed by atoms with E-state index in [0.29, 0.717) is 4.75 Å². The third kappa shape index (κ3) is 2.47. The molecular weight excluding hydrogens is 224 g/mol. The molecule has 1 aromatic rings. The fraction of sp³-hybridized carbons (Fsp3) is 0.455. The Morgan fingerprint density at radius 3 is 2.81 bits per heavy atom. The van der Waals surface area contributed by atoms with Gasteiger partial charge in [-0.1, -0.05) is 0 Å². The van der Waals surface area contributed by atoms with Crippen LogP contribution in [0.4, 0.5) is 5.69 Å². The molecule has 0 spiro atoms. The van der Waals surface area contributed by atoms with E-state index in [4.69, 9.17) is 5.11 Å². The zero-order valence-corrected chi connectivity index (χ0v) is 9.88. The Morgan fingerprint density at radius 2 is 2.38 bits per heavy atom. The van der Waals surface area contributed by atoms with Gasteiger partial charge in [0.1, 0.15) is 5.69 Å². The first-order valence-corrected chi connectivity index (χ1v) is 6.36. The maximum atomic E-state index is 10.6. The van der Waals surface area contributed by atoms with Crippen molar-refractivity contribution in [3.63, 3.8) is 0 Å². The van der Waals surface area contributed by atoms with E-state index in [0.717, 1.165) is 12.2 Å². The summed E-state index contributed by atoms with van der Waals surface area (Å²) in [5.41, 5.74) is 0.960. The van der Waals surface area contributed by atoms with Crippen LogP contribution < -0.4 is 5.32 Å². The molecule has 0 atom stereocenters. The maximum Gasteiger partial charge on any atom is 0.354 e. The monoisotopic (exact) mass is 238 g/mol. The molecule has 2 rings (SSSR count). The quantitative estimate of drug-likeness (QED) is 0.822. The Hall–Kier alpha value is -1.23. The van der Waals surface area contributed by atoms with Crippen LogP contribution in [0.3, 0.4) is 0 Å². The molecule has 1 saturated carbocycles. The third-order valence-corrected chi connectivity index (χ3v) is 4.26. The molecule has 1 fully saturated rings. The normalized spacial score (nSPS) is 16.8. The van der Waals surface area contributed by atoms with Crippen molar-refractivity contribution in [2.24, 2.45) is 0 Å². The largest absolute Gasteiger partial charge is 0.477 e. The number of carboxylic acid groups (broad SMARTS) is 1. The number of carboxylic acids is 1. The predicted molar refractivity (Wildman–Crippen MR) is 65.2 cm³/mol. The van der Waals surface area contributed by atoms with Crippen LogP contribution in [0.2, 0.25) is 0 Å². The second kappa shape index (κ2) is 4.33. The lowest BCUT2D eigenvalue weighted by Gasteiger charge is -2.13. The highest BCUT2D eigenvalue weighted by atomic mass is 32.2. The molecule has 0 bridgehead atoms. The maximum absolute atomic E-state index is 10.6. The zero-order chi connectivity index (χ0) is 11.6. The summed E-state index contributed by atoms with van der Waals surface area (Å²) in [6.07, 6.45) is 6.20. The van der Waals surface area contributed by atoms with Gasteiger partial charge in [-0.2, -0.15) is 11.8 Å². The third-order valence-electron chi connectivity index (χ3n) is 2.84. The van der Waals surface area contributed by atoms with Gasteiger partial charge in [0.05, 0.1) is 11.9 Å². The molecule has 1 heterocycles. The van der Waals surface area contributed by atoms with E-state index in [1.54, 1.807) is 12.3 Å². The van der Waals surface area contributed by atoms with E-state index in [9.17, 15) is 4.79 Å². The topological polar surface area (TPSA) is 62.2 Å². The number of hydrogen-bond acceptors (Lipinski definition) is 4. The number of nitrogens with zero attached hydrogens (tertiary/aromatic N) is 1. The number of carbonyl (C=O) groups is 1. The van der Waals surface area contributed by atoms with Crippen LogP contribution in [0.1, 0.15) is 23.3 Å².